The summed E-state index contributed by atoms with van der Waals surface area (Å²) in [6.07, 6.45) is 0. The third-order valence-electron chi connectivity index (χ3n) is 5.27. The third-order valence-corrected chi connectivity index (χ3v) is 5.27. The zero-order chi connectivity index (χ0) is 24.2. The Kier molecular flexibility index (Phi) is 6.40. The van der Waals surface area contributed by atoms with Gasteiger partial charge in [-0.1, -0.05) is 0 Å². The van der Waals surface area contributed by atoms with E-state index in [0.29, 0.717) is 56.5 Å². The van der Waals surface area contributed by atoms with Crippen LogP contribution < -0.4 is 29.7 Å². The Bertz CT molecular complexity index is 1400. The van der Waals surface area contributed by atoms with Crippen molar-refractivity contribution in [2.45, 2.75) is 0 Å². The molecule has 0 aliphatic carbocycles. The van der Waals surface area contributed by atoms with Crippen LogP contribution in [0.4, 0.5) is 5.69 Å². The molecule has 8 nitrogen and oxygen atoms in total. The molecule has 34 heavy (non-hydrogen) atoms. The lowest BCUT2D eigenvalue weighted by Crippen LogP contribution is -2.12. The van der Waals surface area contributed by atoms with Crippen LogP contribution in [-0.4, -0.2) is 34.3 Å². The summed E-state index contributed by atoms with van der Waals surface area (Å²) in [4.78, 5) is 25.6. The summed E-state index contributed by atoms with van der Waals surface area (Å²) < 4.78 is 27.0. The molecule has 0 radical (unpaired) electrons. The van der Waals surface area contributed by atoms with Crippen LogP contribution >= 0.6 is 0 Å². The first-order valence-corrected chi connectivity index (χ1v) is 10.3. The van der Waals surface area contributed by atoms with Crippen LogP contribution in [0.2, 0.25) is 0 Å². The Balaban J connectivity index is 1.65. The number of anilines is 1. The molecule has 0 unspecified atom stereocenters. The standard InChI is InChI=1S/C26H23NO7/c1-30-18-9-16(10-19(13-18)31-2)26(29)27-17-6-8-22-20(12-17)21(28)14-24(34-22)15-5-7-23(32-3)25(11-15)33-4/h5-14H,1-4H3,(H,27,29). The van der Waals surface area contributed by atoms with Crippen LogP contribution in [0.15, 0.2) is 69.9 Å². The van der Waals surface area contributed by atoms with Crippen molar-refractivity contribution in [3.05, 3.63) is 76.5 Å². The lowest BCUT2D eigenvalue weighted by molar-refractivity contribution is 0.102. The number of benzene rings is 3. The van der Waals surface area contributed by atoms with E-state index >= 15 is 0 Å². The fourth-order valence-electron chi connectivity index (χ4n) is 3.51. The summed E-state index contributed by atoms with van der Waals surface area (Å²) in [5.41, 5.74) is 1.61. The largest absolute Gasteiger partial charge is 0.497 e. The molecule has 1 N–H and O–H groups in total. The molecular formula is C26H23NO7. The summed E-state index contributed by atoms with van der Waals surface area (Å²) in [5.74, 6) is 2.10. The van der Waals surface area contributed by atoms with Gasteiger partial charge in [-0.3, -0.25) is 9.59 Å². The quantitative estimate of drug-likeness (QED) is 0.424. The van der Waals surface area contributed by atoms with Crippen molar-refractivity contribution in [1.29, 1.82) is 0 Å². The van der Waals surface area contributed by atoms with E-state index in [9.17, 15) is 9.59 Å². The lowest BCUT2D eigenvalue weighted by Gasteiger charge is -2.11. The van der Waals surface area contributed by atoms with Gasteiger partial charge in [0.15, 0.2) is 16.9 Å². The van der Waals surface area contributed by atoms with Crippen LogP contribution in [0.25, 0.3) is 22.3 Å². The maximum atomic E-state index is 12.9. The van der Waals surface area contributed by atoms with Crippen LogP contribution in [0.1, 0.15) is 10.4 Å². The van der Waals surface area contributed by atoms with E-state index in [-0.39, 0.29) is 11.3 Å². The number of hydrogen-bond acceptors (Lipinski definition) is 7. The van der Waals surface area contributed by atoms with Crippen LogP contribution in [0, 0.1) is 0 Å². The van der Waals surface area contributed by atoms with Gasteiger partial charge in [-0.05, 0) is 48.5 Å². The van der Waals surface area contributed by atoms with Crippen molar-refractivity contribution in [3.63, 3.8) is 0 Å². The third kappa shape index (κ3) is 4.52. The molecule has 4 aromatic rings. The SMILES string of the molecule is COc1cc(OC)cc(C(=O)Nc2ccc3oc(-c4ccc(OC)c(OC)c4)cc(=O)c3c2)c1. The molecular weight excluding hydrogens is 438 g/mol. The van der Waals surface area contributed by atoms with E-state index in [1.807, 2.05) is 0 Å². The summed E-state index contributed by atoms with van der Waals surface area (Å²) in [7, 11) is 6.11. The number of carbonyl (C=O) groups is 1. The van der Waals surface area contributed by atoms with Gasteiger partial charge in [-0.25, -0.2) is 0 Å². The molecule has 3 aromatic carbocycles. The van der Waals surface area contributed by atoms with E-state index < -0.39 is 0 Å². The number of rotatable bonds is 7. The predicted octanol–water partition coefficient (Wildman–Crippen LogP) is 4.75. The number of nitrogens with one attached hydrogen (secondary N) is 1. The minimum atomic E-state index is -0.372. The van der Waals surface area contributed by atoms with Crippen LogP contribution in [0.3, 0.4) is 0 Å². The number of carbonyl (C=O) groups excluding carboxylic acids is 1. The number of fused-ring (bicyclic) bond motifs is 1. The molecule has 0 aliphatic heterocycles. The highest BCUT2D eigenvalue weighted by Gasteiger charge is 2.14. The Hall–Kier alpha value is -4.46. The maximum absolute atomic E-state index is 12.9. The van der Waals surface area contributed by atoms with Crippen molar-refractivity contribution in [1.82, 2.24) is 0 Å². The Morgan fingerprint density at radius 1 is 0.765 bits per heavy atom. The topological polar surface area (TPSA) is 96.2 Å². The number of hydrogen-bond donors (Lipinski definition) is 1. The first-order valence-electron chi connectivity index (χ1n) is 10.3. The zero-order valence-electron chi connectivity index (χ0n) is 19.1. The highest BCUT2D eigenvalue weighted by Crippen LogP contribution is 2.33. The molecule has 8 heteroatoms. The highest BCUT2D eigenvalue weighted by atomic mass is 16.5. The second-order valence-electron chi connectivity index (χ2n) is 7.31. The molecule has 1 heterocycles. The Morgan fingerprint density at radius 3 is 2.12 bits per heavy atom. The average molecular weight is 461 g/mol. The van der Waals surface area contributed by atoms with E-state index in [1.54, 1.807) is 61.7 Å². The van der Waals surface area contributed by atoms with Gasteiger partial charge in [-0.15, -0.1) is 0 Å². The van der Waals surface area contributed by atoms with Gasteiger partial charge >= 0.3 is 0 Å². The molecule has 1 amide bonds. The van der Waals surface area contributed by atoms with Gasteiger partial charge in [0.1, 0.15) is 22.8 Å². The van der Waals surface area contributed by atoms with Crippen molar-refractivity contribution >= 4 is 22.6 Å². The van der Waals surface area contributed by atoms with Gasteiger partial charge in [0.25, 0.3) is 5.91 Å². The van der Waals surface area contributed by atoms with Gasteiger partial charge < -0.3 is 28.7 Å². The van der Waals surface area contributed by atoms with Crippen molar-refractivity contribution < 1.29 is 28.2 Å². The second-order valence-corrected chi connectivity index (χ2v) is 7.31. The minimum Gasteiger partial charge on any atom is -0.497 e. The number of methoxy groups -OCH3 is 4. The van der Waals surface area contributed by atoms with E-state index in [1.165, 1.54) is 27.4 Å². The van der Waals surface area contributed by atoms with Crippen molar-refractivity contribution in [3.8, 4) is 34.3 Å². The van der Waals surface area contributed by atoms with Gasteiger partial charge in [-0.2, -0.15) is 0 Å². The number of amides is 1. The summed E-state index contributed by atoms with van der Waals surface area (Å²) in [5, 5.41) is 3.13. The molecule has 0 bridgehead atoms. The van der Waals surface area contributed by atoms with Crippen LogP contribution in [0.5, 0.6) is 23.0 Å². The molecule has 0 atom stereocenters. The summed E-state index contributed by atoms with van der Waals surface area (Å²) >= 11 is 0. The van der Waals surface area contributed by atoms with Gasteiger partial charge in [0.05, 0.1) is 33.8 Å². The first-order chi connectivity index (χ1) is 16.4. The molecule has 0 saturated carbocycles. The lowest BCUT2D eigenvalue weighted by atomic mass is 10.1. The zero-order valence-corrected chi connectivity index (χ0v) is 19.1. The first kappa shape index (κ1) is 22.7. The van der Waals surface area contributed by atoms with Crippen molar-refractivity contribution in [2.75, 3.05) is 33.8 Å². The Morgan fingerprint density at radius 2 is 1.47 bits per heavy atom. The minimum absolute atomic E-state index is 0.245. The molecule has 0 spiro atoms. The molecule has 0 aliphatic rings. The number of ether oxygens (including phenoxy) is 4. The smallest absolute Gasteiger partial charge is 0.255 e. The van der Waals surface area contributed by atoms with Crippen molar-refractivity contribution in [2.24, 2.45) is 0 Å². The van der Waals surface area contributed by atoms with E-state index in [2.05, 4.69) is 5.32 Å². The Labute approximate surface area is 195 Å². The average Bonchev–Trinajstić information content (AvgIpc) is 2.87. The molecule has 174 valence electrons. The highest BCUT2D eigenvalue weighted by molar-refractivity contribution is 6.05. The maximum Gasteiger partial charge on any atom is 0.255 e. The predicted molar refractivity (Wildman–Crippen MR) is 129 cm³/mol. The van der Waals surface area contributed by atoms with E-state index in [4.69, 9.17) is 23.4 Å². The normalized spacial score (nSPS) is 10.6. The molecule has 4 rings (SSSR count). The molecule has 1 aromatic heterocycles. The van der Waals surface area contributed by atoms with Gasteiger partial charge in [0.2, 0.25) is 0 Å². The second kappa shape index (κ2) is 9.58. The van der Waals surface area contributed by atoms with E-state index in [0.717, 1.165) is 0 Å². The summed E-state index contributed by atoms with van der Waals surface area (Å²) in [6.45, 7) is 0. The summed E-state index contributed by atoms with van der Waals surface area (Å²) in [6, 6.07) is 16.4. The van der Waals surface area contributed by atoms with Crippen LogP contribution in [-0.2, 0) is 0 Å². The molecule has 0 saturated heterocycles. The fraction of sp³-hybridized carbons (Fsp3) is 0.154. The van der Waals surface area contributed by atoms with Gasteiger partial charge in [0, 0.05) is 28.9 Å². The fourth-order valence-corrected chi connectivity index (χ4v) is 3.51. The monoisotopic (exact) mass is 461 g/mol. The molecule has 0 fully saturated rings.